The molecule has 0 aromatic heterocycles. The van der Waals surface area contributed by atoms with E-state index in [1.807, 2.05) is 0 Å². The number of carboxylic acids is 1. The Labute approximate surface area is 89.2 Å². The first-order valence-electron chi connectivity index (χ1n) is 3.90. The van der Waals surface area contributed by atoms with Crippen LogP contribution < -0.4 is 4.74 Å². The number of carbonyl (C=O) groups is 1. The van der Waals surface area contributed by atoms with Crippen molar-refractivity contribution >= 4 is 17.6 Å². The number of halogens is 3. The SMILES string of the molecule is Cc1cc(Cl)c(C(=O)O)c(OC(F)F)c1. The van der Waals surface area contributed by atoms with Crippen molar-refractivity contribution in [3.63, 3.8) is 0 Å². The summed E-state index contributed by atoms with van der Waals surface area (Å²) in [7, 11) is 0. The monoisotopic (exact) mass is 236 g/mol. The third-order valence-corrected chi connectivity index (χ3v) is 1.93. The number of aromatic carboxylic acids is 1. The molecule has 0 fully saturated rings. The summed E-state index contributed by atoms with van der Waals surface area (Å²) < 4.78 is 28.0. The first kappa shape index (κ1) is 11.7. The van der Waals surface area contributed by atoms with E-state index in [4.69, 9.17) is 16.7 Å². The average Bonchev–Trinajstić information content (AvgIpc) is 1.99. The first-order chi connectivity index (χ1) is 6.91. The van der Waals surface area contributed by atoms with Crippen molar-refractivity contribution in [3.8, 4) is 5.75 Å². The molecule has 0 amide bonds. The third-order valence-electron chi connectivity index (χ3n) is 1.63. The molecule has 1 rings (SSSR count). The van der Waals surface area contributed by atoms with Crippen molar-refractivity contribution in [2.24, 2.45) is 0 Å². The summed E-state index contributed by atoms with van der Waals surface area (Å²) in [6.45, 7) is -1.49. The molecule has 6 heteroatoms. The Morgan fingerprint density at radius 2 is 2.13 bits per heavy atom. The average molecular weight is 237 g/mol. The van der Waals surface area contributed by atoms with Gasteiger partial charge >= 0.3 is 12.6 Å². The van der Waals surface area contributed by atoms with Crippen molar-refractivity contribution in [1.82, 2.24) is 0 Å². The fraction of sp³-hybridized carbons (Fsp3) is 0.222. The second-order valence-corrected chi connectivity index (χ2v) is 3.21. The summed E-state index contributed by atoms with van der Waals surface area (Å²) in [5, 5.41) is 8.61. The number of alkyl halides is 2. The second kappa shape index (κ2) is 4.44. The maximum absolute atomic E-state index is 12.0. The van der Waals surface area contributed by atoms with Crippen LogP contribution in [0.5, 0.6) is 5.75 Å². The number of ether oxygens (including phenoxy) is 1. The van der Waals surface area contributed by atoms with E-state index >= 15 is 0 Å². The number of hydrogen-bond donors (Lipinski definition) is 1. The maximum Gasteiger partial charge on any atom is 0.387 e. The Balaban J connectivity index is 3.27. The number of carboxylic acid groups (broad SMARTS) is 1. The lowest BCUT2D eigenvalue weighted by atomic mass is 10.1. The number of benzene rings is 1. The van der Waals surface area contributed by atoms with Crippen LogP contribution in [0.4, 0.5) is 8.78 Å². The van der Waals surface area contributed by atoms with Gasteiger partial charge in [0.1, 0.15) is 11.3 Å². The van der Waals surface area contributed by atoms with Gasteiger partial charge in [-0.1, -0.05) is 11.6 Å². The minimum absolute atomic E-state index is 0.127. The first-order valence-corrected chi connectivity index (χ1v) is 4.28. The van der Waals surface area contributed by atoms with Crippen molar-refractivity contribution in [2.45, 2.75) is 13.5 Å². The minimum atomic E-state index is -3.08. The van der Waals surface area contributed by atoms with Gasteiger partial charge in [0.05, 0.1) is 5.02 Å². The molecule has 1 aromatic carbocycles. The third kappa shape index (κ3) is 2.79. The molecule has 0 spiro atoms. The number of aryl methyl sites for hydroxylation is 1. The molecule has 1 N–H and O–H groups in total. The molecule has 0 aliphatic rings. The highest BCUT2D eigenvalue weighted by Gasteiger charge is 2.19. The lowest BCUT2D eigenvalue weighted by Gasteiger charge is -2.10. The van der Waals surface area contributed by atoms with E-state index in [1.165, 1.54) is 12.1 Å². The fourth-order valence-electron chi connectivity index (χ4n) is 1.11. The van der Waals surface area contributed by atoms with Crippen LogP contribution in [0.2, 0.25) is 5.02 Å². The van der Waals surface area contributed by atoms with E-state index < -0.39 is 23.9 Å². The molecule has 0 bridgehead atoms. The molecule has 0 heterocycles. The molecule has 1 aromatic rings. The zero-order valence-electron chi connectivity index (χ0n) is 7.63. The van der Waals surface area contributed by atoms with Crippen molar-refractivity contribution in [3.05, 3.63) is 28.3 Å². The van der Waals surface area contributed by atoms with Crippen LogP contribution in [0.3, 0.4) is 0 Å². The molecular weight excluding hydrogens is 230 g/mol. The summed E-state index contributed by atoms with van der Waals surface area (Å²) in [4.78, 5) is 10.7. The molecule has 0 unspecified atom stereocenters. The molecule has 0 radical (unpaired) electrons. The van der Waals surface area contributed by atoms with Crippen LogP contribution in [0.1, 0.15) is 15.9 Å². The molecule has 0 atom stereocenters. The summed E-state index contributed by atoms with van der Waals surface area (Å²) in [6.07, 6.45) is 0. The predicted molar refractivity (Wildman–Crippen MR) is 49.8 cm³/mol. The van der Waals surface area contributed by atoms with Crippen LogP contribution in [0.15, 0.2) is 12.1 Å². The van der Waals surface area contributed by atoms with Gasteiger partial charge in [-0.05, 0) is 24.6 Å². The van der Waals surface area contributed by atoms with Gasteiger partial charge in [-0.25, -0.2) is 4.79 Å². The zero-order valence-corrected chi connectivity index (χ0v) is 8.39. The zero-order chi connectivity index (χ0) is 11.6. The Kier molecular flexibility index (Phi) is 3.47. The number of hydrogen-bond acceptors (Lipinski definition) is 2. The Morgan fingerprint density at radius 3 is 2.60 bits per heavy atom. The van der Waals surface area contributed by atoms with Gasteiger partial charge in [0.2, 0.25) is 0 Å². The second-order valence-electron chi connectivity index (χ2n) is 2.80. The van der Waals surface area contributed by atoms with Gasteiger partial charge in [-0.3, -0.25) is 0 Å². The van der Waals surface area contributed by atoms with Crippen LogP contribution in [0, 0.1) is 6.92 Å². The summed E-state index contributed by atoms with van der Waals surface area (Å²) in [5.74, 6) is -1.84. The molecule has 3 nitrogen and oxygen atoms in total. The van der Waals surface area contributed by atoms with E-state index in [2.05, 4.69) is 4.74 Å². The molecule has 0 saturated heterocycles. The highest BCUT2D eigenvalue weighted by molar-refractivity contribution is 6.34. The largest absolute Gasteiger partial charge is 0.478 e. The van der Waals surface area contributed by atoms with Gasteiger partial charge in [0.25, 0.3) is 0 Å². The van der Waals surface area contributed by atoms with Gasteiger partial charge in [-0.2, -0.15) is 8.78 Å². The van der Waals surface area contributed by atoms with Gasteiger partial charge in [-0.15, -0.1) is 0 Å². The van der Waals surface area contributed by atoms with Crippen molar-refractivity contribution in [2.75, 3.05) is 0 Å². The molecule has 15 heavy (non-hydrogen) atoms. The topological polar surface area (TPSA) is 46.5 Å². The summed E-state index contributed by atoms with van der Waals surface area (Å²) >= 11 is 5.61. The molecule has 0 saturated carbocycles. The van der Waals surface area contributed by atoms with Crippen LogP contribution >= 0.6 is 11.6 Å². The quantitative estimate of drug-likeness (QED) is 0.878. The molecule has 82 valence electrons. The van der Waals surface area contributed by atoms with Crippen molar-refractivity contribution in [1.29, 1.82) is 0 Å². The van der Waals surface area contributed by atoms with E-state index in [9.17, 15) is 13.6 Å². The number of rotatable bonds is 3. The minimum Gasteiger partial charge on any atom is -0.478 e. The van der Waals surface area contributed by atoms with Crippen LogP contribution in [-0.2, 0) is 0 Å². The normalized spacial score (nSPS) is 10.5. The smallest absolute Gasteiger partial charge is 0.387 e. The van der Waals surface area contributed by atoms with E-state index in [1.54, 1.807) is 6.92 Å². The van der Waals surface area contributed by atoms with E-state index in [-0.39, 0.29) is 5.02 Å². The molecule has 0 aliphatic carbocycles. The van der Waals surface area contributed by atoms with Crippen LogP contribution in [0.25, 0.3) is 0 Å². The predicted octanol–water partition coefficient (Wildman–Crippen LogP) is 2.95. The van der Waals surface area contributed by atoms with E-state index in [0.717, 1.165) is 0 Å². The van der Waals surface area contributed by atoms with Gasteiger partial charge in [0.15, 0.2) is 0 Å². The van der Waals surface area contributed by atoms with Crippen molar-refractivity contribution < 1.29 is 23.4 Å². The highest BCUT2D eigenvalue weighted by Crippen LogP contribution is 2.29. The Bertz CT molecular complexity index is 393. The lowest BCUT2D eigenvalue weighted by Crippen LogP contribution is -2.08. The lowest BCUT2D eigenvalue weighted by molar-refractivity contribution is -0.0503. The van der Waals surface area contributed by atoms with Gasteiger partial charge < -0.3 is 9.84 Å². The summed E-state index contributed by atoms with van der Waals surface area (Å²) in [5.41, 5.74) is 0.0863. The Morgan fingerprint density at radius 1 is 1.53 bits per heavy atom. The molecule has 0 aliphatic heterocycles. The fourth-order valence-corrected chi connectivity index (χ4v) is 1.45. The Hall–Kier alpha value is -1.36. The highest BCUT2D eigenvalue weighted by atomic mass is 35.5. The van der Waals surface area contributed by atoms with Gasteiger partial charge in [0, 0.05) is 0 Å². The summed E-state index contributed by atoms with van der Waals surface area (Å²) in [6, 6.07) is 2.56. The van der Waals surface area contributed by atoms with E-state index in [0.29, 0.717) is 5.56 Å². The molecular formula is C9H7ClF2O3. The maximum atomic E-state index is 12.0. The standard InChI is InChI=1S/C9H7ClF2O3/c1-4-2-5(10)7(8(13)14)6(3-4)15-9(11)12/h2-3,9H,1H3,(H,13,14). The van der Waals surface area contributed by atoms with Crippen LogP contribution in [-0.4, -0.2) is 17.7 Å².